The molecular weight excluding hydrogens is 324 g/mol. The van der Waals surface area contributed by atoms with Gasteiger partial charge in [-0.3, -0.25) is 4.79 Å². The summed E-state index contributed by atoms with van der Waals surface area (Å²) in [6.45, 7) is 2.22. The first-order valence-corrected chi connectivity index (χ1v) is 7.92. The predicted octanol–water partition coefficient (Wildman–Crippen LogP) is 5.02. The number of hydrogen-bond acceptors (Lipinski definition) is 1. The van der Waals surface area contributed by atoms with Crippen molar-refractivity contribution in [2.24, 2.45) is 0 Å². The van der Waals surface area contributed by atoms with Gasteiger partial charge in [-0.05, 0) is 29.3 Å². The first-order valence-electron chi connectivity index (χ1n) is 7.12. The molecule has 0 bridgehead atoms. The molecule has 2 atom stereocenters. The van der Waals surface area contributed by atoms with Crippen molar-refractivity contribution in [3.63, 3.8) is 0 Å². The highest BCUT2D eigenvalue weighted by Crippen LogP contribution is 2.45. The average molecular weight is 341 g/mol. The highest BCUT2D eigenvalue weighted by Gasteiger charge is 2.38. The SMILES string of the molecule is C[C@]1(c2ccc(Br)cc2)C=CC(=O)C[C@@H]1c1ccccc1. The molecule has 106 valence electrons. The van der Waals surface area contributed by atoms with E-state index in [1.54, 1.807) is 6.08 Å². The zero-order valence-electron chi connectivity index (χ0n) is 11.9. The molecule has 0 spiro atoms. The second-order valence-corrected chi connectivity index (χ2v) is 6.67. The Kier molecular flexibility index (Phi) is 3.81. The highest BCUT2D eigenvalue weighted by atomic mass is 79.9. The number of carbonyl (C=O) groups excluding carboxylic acids is 1. The molecule has 2 aromatic carbocycles. The fourth-order valence-corrected chi connectivity index (χ4v) is 3.38. The van der Waals surface area contributed by atoms with Crippen molar-refractivity contribution in [2.45, 2.75) is 24.7 Å². The van der Waals surface area contributed by atoms with Crippen molar-refractivity contribution < 1.29 is 4.79 Å². The van der Waals surface area contributed by atoms with Crippen LogP contribution < -0.4 is 0 Å². The molecule has 0 amide bonds. The highest BCUT2D eigenvalue weighted by molar-refractivity contribution is 9.10. The van der Waals surface area contributed by atoms with Gasteiger partial charge in [-0.25, -0.2) is 0 Å². The van der Waals surface area contributed by atoms with E-state index in [0.29, 0.717) is 6.42 Å². The summed E-state index contributed by atoms with van der Waals surface area (Å²) in [5, 5.41) is 0. The minimum Gasteiger partial charge on any atom is -0.295 e. The maximum absolute atomic E-state index is 11.9. The van der Waals surface area contributed by atoms with Crippen LogP contribution in [-0.2, 0) is 10.2 Å². The van der Waals surface area contributed by atoms with Crippen LogP contribution in [0.2, 0.25) is 0 Å². The van der Waals surface area contributed by atoms with Gasteiger partial charge in [-0.15, -0.1) is 0 Å². The summed E-state index contributed by atoms with van der Waals surface area (Å²) in [4.78, 5) is 11.9. The fraction of sp³-hybridized carbons (Fsp3) is 0.211. The molecule has 0 saturated heterocycles. The Balaban J connectivity index is 2.10. The van der Waals surface area contributed by atoms with Crippen molar-refractivity contribution >= 4 is 21.7 Å². The average Bonchev–Trinajstić information content (AvgIpc) is 2.51. The van der Waals surface area contributed by atoms with E-state index < -0.39 is 0 Å². The molecule has 0 fully saturated rings. The topological polar surface area (TPSA) is 17.1 Å². The van der Waals surface area contributed by atoms with Gasteiger partial charge in [0.15, 0.2) is 5.78 Å². The second-order valence-electron chi connectivity index (χ2n) is 5.76. The lowest BCUT2D eigenvalue weighted by Gasteiger charge is -2.38. The molecule has 3 rings (SSSR count). The number of ketones is 1. The largest absolute Gasteiger partial charge is 0.295 e. The Morgan fingerprint density at radius 3 is 2.38 bits per heavy atom. The Morgan fingerprint density at radius 1 is 1.05 bits per heavy atom. The van der Waals surface area contributed by atoms with E-state index in [2.05, 4.69) is 65.3 Å². The lowest BCUT2D eigenvalue weighted by atomic mass is 9.64. The first-order chi connectivity index (χ1) is 10.1. The summed E-state index contributed by atoms with van der Waals surface area (Å²) in [7, 11) is 0. The Morgan fingerprint density at radius 2 is 1.71 bits per heavy atom. The zero-order chi connectivity index (χ0) is 14.9. The molecule has 1 aliphatic carbocycles. The van der Waals surface area contributed by atoms with Crippen molar-refractivity contribution in [1.82, 2.24) is 0 Å². The number of hydrogen-bond donors (Lipinski definition) is 0. The van der Waals surface area contributed by atoms with E-state index in [1.165, 1.54) is 11.1 Å². The van der Waals surface area contributed by atoms with Crippen LogP contribution in [0.1, 0.15) is 30.4 Å². The number of rotatable bonds is 2. The molecule has 0 aromatic heterocycles. The van der Waals surface area contributed by atoms with Gasteiger partial charge in [0, 0.05) is 22.2 Å². The van der Waals surface area contributed by atoms with Crippen molar-refractivity contribution in [1.29, 1.82) is 0 Å². The van der Waals surface area contributed by atoms with Crippen LogP contribution in [0.25, 0.3) is 0 Å². The molecule has 2 heteroatoms. The molecule has 21 heavy (non-hydrogen) atoms. The third-order valence-corrected chi connectivity index (χ3v) is 4.94. The number of benzene rings is 2. The third kappa shape index (κ3) is 2.73. The smallest absolute Gasteiger partial charge is 0.156 e. The molecule has 1 nitrogen and oxygen atoms in total. The van der Waals surface area contributed by atoms with E-state index in [0.717, 1.165) is 4.47 Å². The number of allylic oxidation sites excluding steroid dienone is 2. The van der Waals surface area contributed by atoms with Gasteiger partial charge >= 0.3 is 0 Å². The summed E-state index contributed by atoms with van der Waals surface area (Å²) < 4.78 is 1.07. The summed E-state index contributed by atoms with van der Waals surface area (Å²) in [6, 6.07) is 18.7. The summed E-state index contributed by atoms with van der Waals surface area (Å²) in [5.74, 6) is 0.385. The van der Waals surface area contributed by atoms with Crippen LogP contribution in [0, 0.1) is 0 Å². The monoisotopic (exact) mass is 340 g/mol. The summed E-state index contributed by atoms with van der Waals surface area (Å²) in [5.41, 5.74) is 2.31. The van der Waals surface area contributed by atoms with Crippen molar-refractivity contribution in [3.05, 3.63) is 82.3 Å². The van der Waals surface area contributed by atoms with Gasteiger partial charge in [-0.1, -0.05) is 71.4 Å². The molecule has 0 aliphatic heterocycles. The van der Waals surface area contributed by atoms with Crippen LogP contribution in [0.5, 0.6) is 0 Å². The van der Waals surface area contributed by atoms with Gasteiger partial charge in [0.25, 0.3) is 0 Å². The molecule has 1 aliphatic rings. The van der Waals surface area contributed by atoms with Gasteiger partial charge in [0.2, 0.25) is 0 Å². The number of carbonyl (C=O) groups is 1. The van der Waals surface area contributed by atoms with Crippen molar-refractivity contribution in [3.8, 4) is 0 Å². The second kappa shape index (κ2) is 5.61. The molecule has 0 heterocycles. The maximum atomic E-state index is 11.9. The molecule has 0 radical (unpaired) electrons. The Bertz CT molecular complexity index is 672. The molecule has 0 N–H and O–H groups in total. The minimum absolute atomic E-state index is 0.157. The quantitative estimate of drug-likeness (QED) is 0.750. The predicted molar refractivity (Wildman–Crippen MR) is 89.4 cm³/mol. The Labute approximate surface area is 133 Å². The van der Waals surface area contributed by atoms with Crippen molar-refractivity contribution in [2.75, 3.05) is 0 Å². The summed E-state index contributed by atoms with van der Waals surface area (Å²) >= 11 is 3.48. The third-order valence-electron chi connectivity index (χ3n) is 4.41. The summed E-state index contributed by atoms with van der Waals surface area (Å²) in [6.07, 6.45) is 4.37. The van der Waals surface area contributed by atoms with Crippen LogP contribution >= 0.6 is 15.9 Å². The molecule has 0 unspecified atom stereocenters. The van der Waals surface area contributed by atoms with Gasteiger partial charge in [0.05, 0.1) is 0 Å². The van der Waals surface area contributed by atoms with Crippen LogP contribution in [-0.4, -0.2) is 5.78 Å². The first kappa shape index (κ1) is 14.3. The van der Waals surface area contributed by atoms with Crippen LogP contribution in [0.4, 0.5) is 0 Å². The lowest BCUT2D eigenvalue weighted by Crippen LogP contribution is -2.33. The fourth-order valence-electron chi connectivity index (χ4n) is 3.12. The van der Waals surface area contributed by atoms with Crippen LogP contribution in [0.15, 0.2) is 71.2 Å². The van der Waals surface area contributed by atoms with Gasteiger partial charge in [-0.2, -0.15) is 0 Å². The van der Waals surface area contributed by atoms with Crippen LogP contribution in [0.3, 0.4) is 0 Å². The molecule has 0 saturated carbocycles. The molecular formula is C19H17BrO. The number of halogens is 1. The zero-order valence-corrected chi connectivity index (χ0v) is 13.5. The maximum Gasteiger partial charge on any atom is 0.156 e. The standard InChI is InChI=1S/C19H17BrO/c1-19(15-7-9-16(20)10-8-15)12-11-17(21)13-18(19)14-5-3-2-4-6-14/h2-12,18H,13H2,1H3/t18-,19-/m1/s1. The lowest BCUT2D eigenvalue weighted by molar-refractivity contribution is -0.115. The normalized spacial score (nSPS) is 25.0. The molecule has 2 aromatic rings. The van der Waals surface area contributed by atoms with E-state index in [-0.39, 0.29) is 17.1 Å². The Hall–Kier alpha value is -1.67. The van der Waals surface area contributed by atoms with E-state index in [1.807, 2.05) is 18.2 Å². The van der Waals surface area contributed by atoms with Gasteiger partial charge < -0.3 is 0 Å². The van der Waals surface area contributed by atoms with E-state index in [4.69, 9.17) is 0 Å². The minimum atomic E-state index is -0.157. The van der Waals surface area contributed by atoms with E-state index >= 15 is 0 Å². The van der Waals surface area contributed by atoms with Gasteiger partial charge in [0.1, 0.15) is 0 Å². The van der Waals surface area contributed by atoms with E-state index in [9.17, 15) is 4.79 Å².